The van der Waals surface area contributed by atoms with Crippen LogP contribution in [0.4, 0.5) is 0 Å². The van der Waals surface area contributed by atoms with E-state index in [4.69, 9.17) is 0 Å². The maximum Gasteiger partial charge on any atom is 0.0843 e. The molecule has 1 atom stereocenters. The van der Waals surface area contributed by atoms with Gasteiger partial charge in [0, 0.05) is 0 Å². The van der Waals surface area contributed by atoms with Crippen molar-refractivity contribution in [3.05, 3.63) is 41.5 Å². The standard InChI is InChI=1S/C15H18O3/c1-15(2)9-3-4-12(13(15)16)10-5-7-11(8-6-10)14(17)18/h4-8,13,16H,3,9H2,1-2H3,(H,17,18)/p-1/t13-/m1/s1. The van der Waals surface area contributed by atoms with Crippen molar-refractivity contribution in [1.82, 2.24) is 0 Å². The molecule has 0 spiro atoms. The van der Waals surface area contributed by atoms with Crippen molar-refractivity contribution in [2.75, 3.05) is 0 Å². The number of rotatable bonds is 2. The van der Waals surface area contributed by atoms with Crippen LogP contribution in [-0.2, 0) is 0 Å². The van der Waals surface area contributed by atoms with Gasteiger partial charge in [0.2, 0.25) is 0 Å². The summed E-state index contributed by atoms with van der Waals surface area (Å²) in [6.45, 7) is 4.08. The van der Waals surface area contributed by atoms with Crippen molar-refractivity contribution < 1.29 is 15.0 Å². The highest BCUT2D eigenvalue weighted by Crippen LogP contribution is 2.39. The normalized spacial score (nSPS) is 22.4. The molecular weight excluding hydrogens is 228 g/mol. The highest BCUT2D eigenvalue weighted by molar-refractivity contribution is 5.86. The van der Waals surface area contributed by atoms with Gasteiger partial charge in [0.05, 0.1) is 12.1 Å². The Morgan fingerprint density at radius 1 is 1.33 bits per heavy atom. The van der Waals surface area contributed by atoms with Gasteiger partial charge in [-0.25, -0.2) is 0 Å². The van der Waals surface area contributed by atoms with Crippen molar-refractivity contribution in [1.29, 1.82) is 0 Å². The molecule has 0 amide bonds. The van der Waals surface area contributed by atoms with E-state index in [0.29, 0.717) is 0 Å². The number of aliphatic hydroxyl groups excluding tert-OH is 1. The van der Waals surface area contributed by atoms with Gasteiger partial charge in [-0.1, -0.05) is 44.2 Å². The predicted molar refractivity (Wildman–Crippen MR) is 67.8 cm³/mol. The third-order valence-electron chi connectivity index (χ3n) is 3.64. The quantitative estimate of drug-likeness (QED) is 0.861. The predicted octanol–water partition coefficient (Wildman–Crippen LogP) is 1.61. The first kappa shape index (κ1) is 12.8. The number of carboxylic acids is 1. The van der Waals surface area contributed by atoms with Crippen molar-refractivity contribution in [3.8, 4) is 0 Å². The highest BCUT2D eigenvalue weighted by Gasteiger charge is 2.33. The van der Waals surface area contributed by atoms with E-state index in [1.54, 1.807) is 12.1 Å². The van der Waals surface area contributed by atoms with E-state index in [1.165, 1.54) is 12.1 Å². The van der Waals surface area contributed by atoms with E-state index in [2.05, 4.69) is 0 Å². The summed E-state index contributed by atoms with van der Waals surface area (Å²) < 4.78 is 0. The lowest BCUT2D eigenvalue weighted by Gasteiger charge is -2.35. The summed E-state index contributed by atoms with van der Waals surface area (Å²) in [6.07, 6.45) is 3.40. The highest BCUT2D eigenvalue weighted by atomic mass is 16.4. The van der Waals surface area contributed by atoms with Crippen molar-refractivity contribution in [3.63, 3.8) is 0 Å². The maximum absolute atomic E-state index is 10.7. The molecule has 0 unspecified atom stereocenters. The van der Waals surface area contributed by atoms with Crippen LogP contribution in [0.5, 0.6) is 0 Å². The second-order valence-electron chi connectivity index (χ2n) is 5.45. The third-order valence-corrected chi connectivity index (χ3v) is 3.64. The Morgan fingerprint density at radius 3 is 2.50 bits per heavy atom. The molecule has 0 aromatic heterocycles. The van der Waals surface area contributed by atoms with E-state index >= 15 is 0 Å². The minimum absolute atomic E-state index is 0.142. The first-order valence-electron chi connectivity index (χ1n) is 6.12. The molecular formula is C15H17O3-. The third kappa shape index (κ3) is 2.31. The number of allylic oxidation sites excluding steroid dienone is 1. The molecule has 3 heteroatoms. The average molecular weight is 245 g/mol. The Hall–Kier alpha value is -1.61. The first-order valence-corrected chi connectivity index (χ1v) is 6.12. The number of aromatic carboxylic acids is 1. The zero-order valence-corrected chi connectivity index (χ0v) is 10.6. The van der Waals surface area contributed by atoms with Gasteiger partial charge < -0.3 is 15.0 Å². The molecule has 0 heterocycles. The summed E-state index contributed by atoms with van der Waals surface area (Å²) in [5.74, 6) is -1.18. The Balaban J connectivity index is 2.32. The number of carboxylic acid groups (broad SMARTS) is 1. The van der Waals surface area contributed by atoms with Crippen LogP contribution in [0.15, 0.2) is 30.3 Å². The smallest absolute Gasteiger partial charge is 0.0843 e. The minimum Gasteiger partial charge on any atom is -0.545 e. The number of carbonyl (C=O) groups is 1. The molecule has 2 rings (SSSR count). The largest absolute Gasteiger partial charge is 0.545 e. The Kier molecular flexibility index (Phi) is 3.26. The van der Waals surface area contributed by atoms with Crippen molar-refractivity contribution in [2.45, 2.75) is 32.8 Å². The average Bonchev–Trinajstić information content (AvgIpc) is 2.33. The molecule has 1 aliphatic carbocycles. The summed E-state index contributed by atoms with van der Waals surface area (Å²) in [7, 11) is 0. The molecule has 1 aromatic rings. The summed E-state index contributed by atoms with van der Waals surface area (Å²) in [5, 5.41) is 21.0. The number of hydrogen-bond donors (Lipinski definition) is 1. The second-order valence-corrected chi connectivity index (χ2v) is 5.45. The zero-order chi connectivity index (χ0) is 13.3. The number of benzene rings is 1. The van der Waals surface area contributed by atoms with Crippen LogP contribution in [0.25, 0.3) is 5.57 Å². The number of carbonyl (C=O) groups excluding carboxylic acids is 1. The van der Waals surface area contributed by atoms with Gasteiger partial charge in [-0.15, -0.1) is 0 Å². The summed E-state index contributed by atoms with van der Waals surface area (Å²) in [4.78, 5) is 10.7. The van der Waals surface area contributed by atoms with Crippen LogP contribution in [0.1, 0.15) is 42.6 Å². The fourth-order valence-electron chi connectivity index (χ4n) is 2.34. The van der Waals surface area contributed by atoms with Crippen molar-refractivity contribution >= 4 is 11.5 Å². The molecule has 0 saturated heterocycles. The Morgan fingerprint density at radius 2 is 1.94 bits per heavy atom. The number of aliphatic hydroxyl groups is 1. The van der Waals surface area contributed by atoms with E-state index < -0.39 is 12.1 Å². The molecule has 0 fully saturated rings. The zero-order valence-electron chi connectivity index (χ0n) is 10.6. The SMILES string of the molecule is CC1(C)CCC=C(c2ccc(C(=O)[O-])cc2)[C@H]1O. The van der Waals surface area contributed by atoms with E-state index in [9.17, 15) is 15.0 Å². The van der Waals surface area contributed by atoms with Gasteiger partial charge in [0.1, 0.15) is 0 Å². The fourth-order valence-corrected chi connectivity index (χ4v) is 2.34. The Labute approximate surface area is 107 Å². The molecule has 1 aliphatic rings. The Bertz CT molecular complexity index is 483. The molecule has 0 aliphatic heterocycles. The molecule has 18 heavy (non-hydrogen) atoms. The van der Waals surface area contributed by atoms with Crippen LogP contribution in [0, 0.1) is 5.41 Å². The van der Waals surface area contributed by atoms with Crippen LogP contribution in [0.2, 0.25) is 0 Å². The van der Waals surface area contributed by atoms with Gasteiger partial charge in [-0.3, -0.25) is 0 Å². The molecule has 1 N–H and O–H groups in total. The summed E-state index contributed by atoms with van der Waals surface area (Å²) in [5.41, 5.74) is 1.78. The molecule has 3 nitrogen and oxygen atoms in total. The fraction of sp³-hybridized carbons (Fsp3) is 0.400. The first-order chi connectivity index (χ1) is 8.42. The van der Waals surface area contributed by atoms with Gasteiger partial charge in [0.15, 0.2) is 0 Å². The lowest BCUT2D eigenvalue weighted by molar-refractivity contribution is -0.255. The molecule has 0 radical (unpaired) electrons. The van der Waals surface area contributed by atoms with Gasteiger partial charge >= 0.3 is 0 Å². The van der Waals surface area contributed by atoms with Crippen LogP contribution >= 0.6 is 0 Å². The van der Waals surface area contributed by atoms with Gasteiger partial charge in [-0.05, 0) is 35.0 Å². The van der Waals surface area contributed by atoms with Gasteiger partial charge in [-0.2, -0.15) is 0 Å². The maximum atomic E-state index is 10.7. The molecule has 0 bridgehead atoms. The van der Waals surface area contributed by atoms with Crippen LogP contribution < -0.4 is 5.11 Å². The van der Waals surface area contributed by atoms with E-state index in [1.807, 2.05) is 19.9 Å². The van der Waals surface area contributed by atoms with Gasteiger partial charge in [0.25, 0.3) is 0 Å². The number of hydrogen-bond acceptors (Lipinski definition) is 3. The monoisotopic (exact) mass is 245 g/mol. The topological polar surface area (TPSA) is 60.4 Å². The summed E-state index contributed by atoms with van der Waals surface area (Å²) >= 11 is 0. The van der Waals surface area contributed by atoms with Crippen molar-refractivity contribution in [2.24, 2.45) is 5.41 Å². The van der Waals surface area contributed by atoms with E-state index in [-0.39, 0.29) is 11.0 Å². The summed E-state index contributed by atoms with van der Waals surface area (Å²) in [6, 6.07) is 6.48. The molecule has 0 saturated carbocycles. The lowest BCUT2D eigenvalue weighted by atomic mass is 9.73. The minimum atomic E-state index is -1.18. The second kappa shape index (κ2) is 4.58. The van der Waals surface area contributed by atoms with Crippen LogP contribution in [-0.4, -0.2) is 17.2 Å². The molecule has 1 aromatic carbocycles. The van der Waals surface area contributed by atoms with E-state index in [0.717, 1.165) is 24.0 Å². The molecule has 96 valence electrons. The lowest BCUT2D eigenvalue weighted by Crippen LogP contribution is -2.32. The van der Waals surface area contributed by atoms with Crippen LogP contribution in [0.3, 0.4) is 0 Å².